The molecule has 0 fully saturated rings. The van der Waals surface area contributed by atoms with Gasteiger partial charge in [-0.05, 0) is 22.0 Å². The zero-order valence-corrected chi connectivity index (χ0v) is 14.6. The molecule has 0 heterocycles. The maximum Gasteiger partial charge on any atom is 0.288 e. The molecule has 0 aliphatic carbocycles. The van der Waals surface area contributed by atoms with Crippen molar-refractivity contribution in [3.05, 3.63) is 91.0 Å². The third kappa shape index (κ3) is 3.34. The van der Waals surface area contributed by atoms with E-state index >= 15 is 0 Å². The highest BCUT2D eigenvalue weighted by Crippen LogP contribution is 2.10. The Hall–Kier alpha value is -2.20. The lowest BCUT2D eigenvalue weighted by Crippen LogP contribution is -2.69. The van der Waals surface area contributed by atoms with E-state index in [1.165, 1.54) is 15.6 Å². The fraction of sp³-hybridized carbons (Fsp3) is 0.143. The molecule has 0 atom stereocenters. The van der Waals surface area contributed by atoms with Crippen LogP contribution >= 0.6 is 0 Å². The predicted octanol–water partition coefficient (Wildman–Crippen LogP) is 2.05. The van der Waals surface area contributed by atoms with E-state index in [9.17, 15) is 5.11 Å². The number of hydrogen-bond donors (Lipinski definition) is 1. The van der Waals surface area contributed by atoms with E-state index in [-0.39, 0.29) is 6.61 Å². The van der Waals surface area contributed by atoms with E-state index in [2.05, 4.69) is 72.8 Å². The number of benzene rings is 3. The number of aliphatic hydroxyl groups is 1. The van der Waals surface area contributed by atoms with Gasteiger partial charge in [-0.3, -0.25) is 0 Å². The Morgan fingerprint density at radius 1 is 0.625 bits per heavy atom. The maximum atomic E-state index is 9.21. The van der Waals surface area contributed by atoms with E-state index in [4.69, 9.17) is 4.43 Å². The first-order valence-electron chi connectivity index (χ1n) is 8.29. The first-order chi connectivity index (χ1) is 11.9. The van der Waals surface area contributed by atoms with Crippen molar-refractivity contribution in [2.45, 2.75) is 6.42 Å². The molecule has 0 saturated carbocycles. The van der Waals surface area contributed by atoms with Crippen LogP contribution in [0.3, 0.4) is 0 Å². The van der Waals surface area contributed by atoms with Gasteiger partial charge in [0.2, 0.25) is 0 Å². The lowest BCUT2D eigenvalue weighted by Gasteiger charge is -2.33. The Morgan fingerprint density at radius 2 is 1.00 bits per heavy atom. The lowest BCUT2D eigenvalue weighted by molar-refractivity contribution is 0.234. The normalized spacial score (nSPS) is 11.4. The second-order valence-corrected chi connectivity index (χ2v) is 9.09. The Bertz CT molecular complexity index is 633. The van der Waals surface area contributed by atoms with Crippen molar-refractivity contribution in [2.75, 3.05) is 13.2 Å². The summed E-state index contributed by atoms with van der Waals surface area (Å²) in [6.45, 7) is 0.685. The zero-order chi connectivity index (χ0) is 16.7. The van der Waals surface area contributed by atoms with Gasteiger partial charge in [-0.25, -0.2) is 0 Å². The molecule has 1 N–H and O–H groups in total. The van der Waals surface area contributed by atoms with Gasteiger partial charge in [-0.2, -0.15) is 0 Å². The van der Waals surface area contributed by atoms with E-state index < -0.39 is 8.32 Å². The number of rotatable bonds is 7. The summed E-state index contributed by atoms with van der Waals surface area (Å²) < 4.78 is 6.61. The van der Waals surface area contributed by atoms with Crippen LogP contribution in [-0.2, 0) is 4.43 Å². The number of hydrogen-bond acceptors (Lipinski definition) is 2. The minimum atomic E-state index is -2.57. The van der Waals surface area contributed by atoms with Gasteiger partial charge in [-0.1, -0.05) is 91.0 Å². The topological polar surface area (TPSA) is 29.5 Å². The predicted molar refractivity (Wildman–Crippen MR) is 102 cm³/mol. The van der Waals surface area contributed by atoms with E-state index in [0.29, 0.717) is 13.0 Å². The van der Waals surface area contributed by atoms with Gasteiger partial charge in [0, 0.05) is 13.2 Å². The van der Waals surface area contributed by atoms with Crippen LogP contribution in [0.5, 0.6) is 0 Å². The minimum Gasteiger partial charge on any atom is -0.404 e. The summed E-state index contributed by atoms with van der Waals surface area (Å²) in [6.07, 6.45) is 0.640. The second kappa shape index (κ2) is 8.06. The van der Waals surface area contributed by atoms with E-state index in [1.807, 2.05) is 18.2 Å². The van der Waals surface area contributed by atoms with Crippen LogP contribution in [0.4, 0.5) is 0 Å². The molecule has 0 radical (unpaired) electrons. The van der Waals surface area contributed by atoms with Crippen LogP contribution in [0, 0.1) is 0 Å². The van der Waals surface area contributed by atoms with Gasteiger partial charge in [-0.15, -0.1) is 0 Å². The molecule has 3 aromatic rings. The third-order valence-electron chi connectivity index (χ3n) is 4.16. The van der Waals surface area contributed by atoms with Crippen molar-refractivity contribution in [1.82, 2.24) is 0 Å². The van der Waals surface area contributed by atoms with Gasteiger partial charge in [0.05, 0.1) is 0 Å². The molecule has 0 bridgehead atoms. The highest BCUT2D eigenvalue weighted by Gasteiger charge is 2.41. The van der Waals surface area contributed by atoms with Crippen LogP contribution in [0.25, 0.3) is 0 Å². The van der Waals surface area contributed by atoms with Gasteiger partial charge >= 0.3 is 0 Å². The van der Waals surface area contributed by atoms with Crippen molar-refractivity contribution in [2.24, 2.45) is 0 Å². The molecule has 0 unspecified atom stereocenters. The summed E-state index contributed by atoms with van der Waals surface area (Å²) in [4.78, 5) is 0. The van der Waals surface area contributed by atoms with Crippen molar-refractivity contribution >= 4 is 23.9 Å². The van der Waals surface area contributed by atoms with Crippen LogP contribution in [0.2, 0.25) is 0 Å². The van der Waals surface area contributed by atoms with E-state index in [0.717, 1.165) is 0 Å². The second-order valence-electron chi connectivity index (χ2n) is 5.70. The molecule has 0 amide bonds. The quantitative estimate of drug-likeness (QED) is 0.407. The van der Waals surface area contributed by atoms with Crippen molar-refractivity contribution < 1.29 is 9.53 Å². The summed E-state index contributed by atoms with van der Waals surface area (Å²) in [6, 6.07) is 31.5. The molecule has 3 rings (SSSR count). The Balaban J connectivity index is 2.20. The Labute approximate surface area is 144 Å². The maximum absolute atomic E-state index is 9.21. The minimum absolute atomic E-state index is 0.142. The molecule has 3 aromatic carbocycles. The monoisotopic (exact) mass is 334 g/mol. The average molecular weight is 334 g/mol. The molecule has 0 saturated heterocycles. The molecular formula is C21H22O2Si. The molecule has 0 aromatic heterocycles. The Morgan fingerprint density at radius 3 is 1.33 bits per heavy atom. The summed E-state index contributed by atoms with van der Waals surface area (Å²) in [5, 5.41) is 12.9. The summed E-state index contributed by atoms with van der Waals surface area (Å²) >= 11 is 0. The highest BCUT2D eigenvalue weighted by molar-refractivity contribution is 7.07. The molecule has 0 spiro atoms. The Kier molecular flexibility index (Phi) is 5.59. The standard InChI is InChI=1S/C21H22O2Si/c22-17-10-18-23-24(19-11-4-1-5-12-19,20-13-6-2-7-14-20)21-15-8-3-9-16-21/h1-9,11-16,22H,10,17-18H2. The third-order valence-corrected chi connectivity index (χ3v) is 8.24. The highest BCUT2D eigenvalue weighted by atomic mass is 28.4. The summed E-state index contributed by atoms with van der Waals surface area (Å²) in [7, 11) is -2.57. The first kappa shape index (κ1) is 16.6. The molecule has 122 valence electrons. The van der Waals surface area contributed by atoms with Crippen molar-refractivity contribution in [1.29, 1.82) is 0 Å². The first-order valence-corrected chi connectivity index (χ1v) is 10.2. The van der Waals surface area contributed by atoms with Crippen LogP contribution < -0.4 is 15.6 Å². The molecule has 0 aliphatic heterocycles. The fourth-order valence-electron chi connectivity index (χ4n) is 3.06. The summed E-state index contributed by atoms with van der Waals surface area (Å²) in [5.74, 6) is 0. The largest absolute Gasteiger partial charge is 0.404 e. The molecule has 0 aliphatic rings. The van der Waals surface area contributed by atoms with Gasteiger partial charge < -0.3 is 9.53 Å². The fourth-order valence-corrected chi connectivity index (χ4v) is 6.99. The van der Waals surface area contributed by atoms with E-state index in [1.54, 1.807) is 0 Å². The number of aliphatic hydroxyl groups excluding tert-OH is 1. The zero-order valence-electron chi connectivity index (χ0n) is 13.6. The van der Waals surface area contributed by atoms with Gasteiger partial charge in [0.25, 0.3) is 8.32 Å². The molecular weight excluding hydrogens is 312 g/mol. The molecule has 24 heavy (non-hydrogen) atoms. The van der Waals surface area contributed by atoms with Crippen LogP contribution in [-0.4, -0.2) is 26.6 Å². The van der Waals surface area contributed by atoms with Gasteiger partial charge in [0.15, 0.2) is 0 Å². The van der Waals surface area contributed by atoms with Crippen LogP contribution in [0.1, 0.15) is 6.42 Å². The van der Waals surface area contributed by atoms with Crippen molar-refractivity contribution in [3.8, 4) is 0 Å². The molecule has 3 heteroatoms. The SMILES string of the molecule is OCCCO[Si](c1ccccc1)(c1ccccc1)c1ccccc1. The van der Waals surface area contributed by atoms with Crippen molar-refractivity contribution in [3.63, 3.8) is 0 Å². The summed E-state index contributed by atoms with van der Waals surface area (Å²) in [5.41, 5.74) is 0. The van der Waals surface area contributed by atoms with Gasteiger partial charge in [0.1, 0.15) is 0 Å². The van der Waals surface area contributed by atoms with Crippen LogP contribution in [0.15, 0.2) is 91.0 Å². The average Bonchev–Trinajstić information content (AvgIpc) is 2.68. The smallest absolute Gasteiger partial charge is 0.288 e. The lowest BCUT2D eigenvalue weighted by atomic mass is 10.3. The molecule has 2 nitrogen and oxygen atoms in total.